The minimum atomic E-state index is -1.39. The molecule has 0 spiro atoms. The van der Waals surface area contributed by atoms with Gasteiger partial charge < -0.3 is 10.0 Å². The van der Waals surface area contributed by atoms with Crippen LogP contribution < -0.4 is 5.46 Å². The van der Waals surface area contributed by atoms with Crippen LogP contribution in [-0.2, 0) is 6.54 Å². The molecule has 0 aliphatic heterocycles. The maximum absolute atomic E-state index is 9.15. The molecular formula is C14H24BNO2. The van der Waals surface area contributed by atoms with Gasteiger partial charge in [-0.25, -0.2) is 0 Å². The lowest BCUT2D eigenvalue weighted by Crippen LogP contribution is -2.32. The molecule has 4 heteroatoms. The normalized spacial score (nSPS) is 13.1. The smallest absolute Gasteiger partial charge is 0.423 e. The van der Waals surface area contributed by atoms with Gasteiger partial charge in [0.1, 0.15) is 0 Å². The first-order valence-corrected chi connectivity index (χ1v) is 6.55. The van der Waals surface area contributed by atoms with Crippen molar-refractivity contribution in [1.82, 2.24) is 4.90 Å². The molecule has 0 bridgehead atoms. The zero-order valence-corrected chi connectivity index (χ0v) is 11.8. The quantitative estimate of drug-likeness (QED) is 0.745. The lowest BCUT2D eigenvalue weighted by molar-refractivity contribution is 0.220. The van der Waals surface area contributed by atoms with Gasteiger partial charge in [-0.1, -0.05) is 38.1 Å². The molecule has 1 aromatic rings. The summed E-state index contributed by atoms with van der Waals surface area (Å²) in [6.45, 7) is 7.51. The van der Waals surface area contributed by atoms with Gasteiger partial charge in [-0.3, -0.25) is 4.90 Å². The van der Waals surface area contributed by atoms with E-state index in [1.807, 2.05) is 18.2 Å². The van der Waals surface area contributed by atoms with Crippen molar-refractivity contribution in [3.8, 4) is 0 Å². The Bertz CT molecular complexity index is 369. The molecule has 100 valence electrons. The molecule has 1 rings (SSSR count). The van der Waals surface area contributed by atoms with E-state index < -0.39 is 7.12 Å². The fourth-order valence-electron chi connectivity index (χ4n) is 2.16. The molecular weight excluding hydrogens is 225 g/mol. The zero-order chi connectivity index (χ0) is 13.7. The second-order valence-electron chi connectivity index (χ2n) is 5.51. The largest absolute Gasteiger partial charge is 0.488 e. The molecule has 3 nitrogen and oxygen atoms in total. The summed E-state index contributed by atoms with van der Waals surface area (Å²) in [6.07, 6.45) is 1.17. The standard InChI is InChI=1S/C14H24BNO2/c1-11(2)8-12(3)16(4)10-13-6-5-7-14(9-13)15(17)18/h5-7,9,11-12,17-18H,8,10H2,1-4H3. The third-order valence-corrected chi connectivity index (χ3v) is 3.25. The van der Waals surface area contributed by atoms with Crippen LogP contribution in [0, 0.1) is 5.92 Å². The molecule has 1 atom stereocenters. The van der Waals surface area contributed by atoms with Crippen LogP contribution in [0.1, 0.15) is 32.8 Å². The molecule has 0 aliphatic carbocycles. The van der Waals surface area contributed by atoms with Crippen molar-refractivity contribution in [2.75, 3.05) is 7.05 Å². The van der Waals surface area contributed by atoms with Gasteiger partial charge in [0.15, 0.2) is 0 Å². The van der Waals surface area contributed by atoms with Crippen molar-refractivity contribution in [2.45, 2.75) is 39.8 Å². The lowest BCUT2D eigenvalue weighted by atomic mass is 9.79. The highest BCUT2D eigenvalue weighted by atomic mass is 16.4. The molecule has 18 heavy (non-hydrogen) atoms. The number of benzene rings is 1. The van der Waals surface area contributed by atoms with E-state index in [4.69, 9.17) is 10.0 Å². The number of hydrogen-bond donors (Lipinski definition) is 2. The molecule has 0 saturated heterocycles. The SMILES string of the molecule is CC(C)CC(C)N(C)Cc1cccc(B(O)O)c1. The Balaban J connectivity index is 2.63. The van der Waals surface area contributed by atoms with E-state index in [9.17, 15) is 0 Å². The third kappa shape index (κ3) is 4.80. The van der Waals surface area contributed by atoms with E-state index in [1.165, 1.54) is 6.42 Å². The highest BCUT2D eigenvalue weighted by Gasteiger charge is 2.14. The Morgan fingerprint density at radius 3 is 2.44 bits per heavy atom. The molecule has 0 fully saturated rings. The Hall–Kier alpha value is -0.835. The summed E-state index contributed by atoms with van der Waals surface area (Å²) in [5, 5.41) is 18.3. The van der Waals surface area contributed by atoms with Gasteiger partial charge >= 0.3 is 7.12 Å². The molecule has 2 N–H and O–H groups in total. The van der Waals surface area contributed by atoms with E-state index in [0.717, 1.165) is 12.1 Å². The number of hydrogen-bond acceptors (Lipinski definition) is 3. The van der Waals surface area contributed by atoms with E-state index in [-0.39, 0.29) is 0 Å². The van der Waals surface area contributed by atoms with Crippen molar-refractivity contribution >= 4 is 12.6 Å². The summed E-state index contributed by atoms with van der Waals surface area (Å²) >= 11 is 0. The second-order valence-corrected chi connectivity index (χ2v) is 5.51. The van der Waals surface area contributed by atoms with E-state index >= 15 is 0 Å². The summed E-state index contributed by atoms with van der Waals surface area (Å²) in [5.74, 6) is 0.688. The van der Waals surface area contributed by atoms with E-state index in [2.05, 4.69) is 32.7 Å². The van der Waals surface area contributed by atoms with Gasteiger partial charge in [-0.15, -0.1) is 0 Å². The highest BCUT2D eigenvalue weighted by molar-refractivity contribution is 6.58. The monoisotopic (exact) mass is 249 g/mol. The minimum absolute atomic E-state index is 0.521. The fourth-order valence-corrected chi connectivity index (χ4v) is 2.16. The Morgan fingerprint density at radius 2 is 1.89 bits per heavy atom. The van der Waals surface area contributed by atoms with Crippen LogP contribution in [-0.4, -0.2) is 35.2 Å². The highest BCUT2D eigenvalue weighted by Crippen LogP contribution is 2.12. The van der Waals surface area contributed by atoms with Crippen LogP contribution in [0.5, 0.6) is 0 Å². The van der Waals surface area contributed by atoms with Crippen molar-refractivity contribution in [3.63, 3.8) is 0 Å². The molecule has 1 unspecified atom stereocenters. The predicted octanol–water partition coefficient (Wildman–Crippen LogP) is 1.23. The minimum Gasteiger partial charge on any atom is -0.423 e. The summed E-state index contributed by atoms with van der Waals surface area (Å²) < 4.78 is 0. The van der Waals surface area contributed by atoms with Gasteiger partial charge in [0.05, 0.1) is 0 Å². The Kier molecular flexibility index (Phi) is 5.86. The third-order valence-electron chi connectivity index (χ3n) is 3.25. The first kappa shape index (κ1) is 15.2. The maximum atomic E-state index is 9.15. The van der Waals surface area contributed by atoms with Crippen molar-refractivity contribution < 1.29 is 10.0 Å². The van der Waals surface area contributed by atoms with Gasteiger partial charge in [0, 0.05) is 12.6 Å². The number of rotatable bonds is 6. The molecule has 0 heterocycles. The van der Waals surface area contributed by atoms with Crippen LogP contribution in [0.25, 0.3) is 0 Å². The van der Waals surface area contributed by atoms with E-state index in [1.54, 1.807) is 6.07 Å². The fraction of sp³-hybridized carbons (Fsp3) is 0.571. The number of nitrogens with zero attached hydrogens (tertiary/aromatic N) is 1. The summed E-state index contributed by atoms with van der Waals surface area (Å²) in [4.78, 5) is 2.29. The summed E-state index contributed by atoms with van der Waals surface area (Å²) in [7, 11) is 0.720. The molecule has 0 aliphatic rings. The Morgan fingerprint density at radius 1 is 1.22 bits per heavy atom. The summed E-state index contributed by atoms with van der Waals surface area (Å²) in [5.41, 5.74) is 1.66. The van der Waals surface area contributed by atoms with Crippen molar-refractivity contribution in [3.05, 3.63) is 29.8 Å². The van der Waals surface area contributed by atoms with Gasteiger partial charge in [-0.2, -0.15) is 0 Å². The van der Waals surface area contributed by atoms with Crippen molar-refractivity contribution in [1.29, 1.82) is 0 Å². The molecule has 1 aromatic carbocycles. The van der Waals surface area contributed by atoms with Gasteiger partial charge in [-0.05, 0) is 37.3 Å². The lowest BCUT2D eigenvalue weighted by Gasteiger charge is -2.26. The average Bonchev–Trinajstić information content (AvgIpc) is 2.28. The summed E-state index contributed by atoms with van der Waals surface area (Å²) in [6, 6.07) is 7.98. The predicted molar refractivity (Wildman–Crippen MR) is 76.7 cm³/mol. The molecule has 0 radical (unpaired) electrons. The maximum Gasteiger partial charge on any atom is 0.488 e. The van der Waals surface area contributed by atoms with Crippen LogP contribution in [0.3, 0.4) is 0 Å². The zero-order valence-electron chi connectivity index (χ0n) is 11.8. The van der Waals surface area contributed by atoms with Gasteiger partial charge in [0.2, 0.25) is 0 Å². The molecule has 0 aromatic heterocycles. The van der Waals surface area contributed by atoms with Crippen molar-refractivity contribution in [2.24, 2.45) is 5.92 Å². The first-order valence-electron chi connectivity index (χ1n) is 6.55. The molecule has 0 amide bonds. The van der Waals surface area contributed by atoms with Crippen LogP contribution in [0.4, 0.5) is 0 Å². The van der Waals surface area contributed by atoms with E-state index in [0.29, 0.717) is 17.4 Å². The topological polar surface area (TPSA) is 43.7 Å². The second kappa shape index (κ2) is 6.93. The van der Waals surface area contributed by atoms with Crippen LogP contribution >= 0.6 is 0 Å². The first-order chi connectivity index (χ1) is 8.40. The van der Waals surface area contributed by atoms with Crippen LogP contribution in [0.2, 0.25) is 0 Å². The van der Waals surface area contributed by atoms with Gasteiger partial charge in [0.25, 0.3) is 0 Å². The van der Waals surface area contributed by atoms with Crippen LogP contribution in [0.15, 0.2) is 24.3 Å². The molecule has 0 saturated carbocycles. The Labute approximate surface area is 111 Å². The average molecular weight is 249 g/mol.